The van der Waals surface area contributed by atoms with Gasteiger partial charge in [-0.25, -0.2) is 19.9 Å². The molecule has 36 heavy (non-hydrogen) atoms. The first-order valence-corrected chi connectivity index (χ1v) is 13.2. The predicted octanol–water partition coefficient (Wildman–Crippen LogP) is 5.35. The molecule has 10 nitrogen and oxygen atoms in total. The second-order valence-electron chi connectivity index (χ2n) is 7.41. The number of aryl methyl sites for hydroxylation is 2. The maximum Gasteiger partial charge on any atom is 0.268 e. The molecule has 0 unspecified atom stereocenters. The van der Waals surface area contributed by atoms with Crippen LogP contribution >= 0.6 is 61.8 Å². The number of hydrogen-bond donors (Lipinski definition) is 1. The Morgan fingerprint density at radius 1 is 0.861 bits per heavy atom. The van der Waals surface area contributed by atoms with E-state index in [9.17, 15) is 4.79 Å². The van der Waals surface area contributed by atoms with E-state index < -0.39 is 5.91 Å². The van der Waals surface area contributed by atoms with Gasteiger partial charge in [0.2, 0.25) is 0 Å². The Morgan fingerprint density at radius 3 is 1.83 bits per heavy atom. The molecule has 0 saturated heterocycles. The summed E-state index contributed by atoms with van der Waals surface area (Å²) in [4.78, 5) is 28.4. The summed E-state index contributed by atoms with van der Waals surface area (Å²) in [6.07, 6.45) is 10.2. The lowest BCUT2D eigenvalue weighted by Gasteiger charge is -1.96. The van der Waals surface area contributed by atoms with E-state index in [-0.39, 0.29) is 5.69 Å². The van der Waals surface area contributed by atoms with Crippen LogP contribution in [-0.2, 0) is 14.1 Å². The molecule has 2 N–H and O–H groups in total. The van der Waals surface area contributed by atoms with E-state index in [4.69, 9.17) is 28.9 Å². The molecular formula is C21H14BrCl2N9OS2. The molecule has 0 saturated carbocycles. The van der Waals surface area contributed by atoms with Crippen LogP contribution in [0.2, 0.25) is 10.0 Å². The summed E-state index contributed by atoms with van der Waals surface area (Å²) in [5.41, 5.74) is 8.64. The SMILES string of the molecule is Cn1cc(-c2nc3c(Cl)cnc(Br)c3s2)cn1.Cn1cc(-c2nc3c(Cl)cnc(C(N)=O)c3s2)cn1. The van der Waals surface area contributed by atoms with Crippen molar-refractivity contribution < 1.29 is 4.79 Å². The van der Waals surface area contributed by atoms with Crippen LogP contribution in [-0.4, -0.2) is 45.4 Å². The highest BCUT2D eigenvalue weighted by Gasteiger charge is 2.17. The Morgan fingerprint density at radius 2 is 1.36 bits per heavy atom. The van der Waals surface area contributed by atoms with Crippen LogP contribution < -0.4 is 5.73 Å². The number of rotatable bonds is 3. The molecule has 0 atom stereocenters. The Hall–Kier alpha value is -2.97. The molecule has 0 aromatic carbocycles. The van der Waals surface area contributed by atoms with Crippen LogP contribution in [0.25, 0.3) is 41.6 Å². The third-order valence-corrected chi connectivity index (χ3v) is 8.48. The first-order valence-electron chi connectivity index (χ1n) is 10.0. The van der Waals surface area contributed by atoms with E-state index in [2.05, 4.69) is 46.1 Å². The summed E-state index contributed by atoms with van der Waals surface area (Å²) in [6, 6.07) is 0. The molecule has 0 aliphatic carbocycles. The van der Waals surface area contributed by atoms with Gasteiger partial charge in [0.15, 0.2) is 0 Å². The van der Waals surface area contributed by atoms with Crippen LogP contribution in [0.3, 0.4) is 0 Å². The zero-order chi connectivity index (χ0) is 25.6. The van der Waals surface area contributed by atoms with Crippen molar-refractivity contribution >= 4 is 88.1 Å². The molecule has 0 spiro atoms. The Kier molecular flexibility index (Phi) is 6.74. The van der Waals surface area contributed by atoms with Gasteiger partial charge in [0.1, 0.15) is 31.3 Å². The molecule has 0 aliphatic rings. The van der Waals surface area contributed by atoms with Gasteiger partial charge in [-0.1, -0.05) is 23.2 Å². The quantitative estimate of drug-likeness (QED) is 0.263. The number of carbonyl (C=O) groups is 1. The standard InChI is InChI=1S/C11H8ClN5OS.C10H6BrClN4S/c1-17-4-5(2-15-17)11-16-7-6(12)3-14-8(10(13)18)9(7)19-11;1-16-4-5(2-14-16)10-15-7-6(12)3-13-9(11)8(7)17-10/h2-4H,1H3,(H2,13,18);2-4H,1H3. The zero-order valence-corrected chi connectivity index (χ0v) is 23.2. The van der Waals surface area contributed by atoms with Crippen LogP contribution in [0.1, 0.15) is 10.5 Å². The van der Waals surface area contributed by atoms with E-state index in [1.165, 1.54) is 17.5 Å². The zero-order valence-electron chi connectivity index (χ0n) is 18.5. The third-order valence-electron chi connectivity index (χ3n) is 4.84. The van der Waals surface area contributed by atoms with Gasteiger partial charge in [0, 0.05) is 50.0 Å². The topological polar surface area (TPSA) is 130 Å². The number of hydrogen-bond acceptors (Lipinski definition) is 9. The molecule has 0 radical (unpaired) electrons. The summed E-state index contributed by atoms with van der Waals surface area (Å²) in [5, 5.41) is 10.8. The van der Waals surface area contributed by atoms with E-state index in [0.29, 0.717) is 20.3 Å². The summed E-state index contributed by atoms with van der Waals surface area (Å²) < 4.78 is 5.74. The summed E-state index contributed by atoms with van der Waals surface area (Å²) >= 11 is 18.4. The second-order valence-corrected chi connectivity index (χ2v) is 11.0. The first-order chi connectivity index (χ1) is 17.2. The molecule has 0 fully saturated rings. The Labute approximate surface area is 229 Å². The minimum Gasteiger partial charge on any atom is -0.364 e. The molecule has 6 aromatic heterocycles. The highest BCUT2D eigenvalue weighted by atomic mass is 79.9. The minimum absolute atomic E-state index is 0.187. The first kappa shape index (κ1) is 24.7. The fourth-order valence-electron chi connectivity index (χ4n) is 3.22. The normalized spacial score (nSPS) is 11.1. The second kappa shape index (κ2) is 9.82. The molecule has 6 rings (SSSR count). The van der Waals surface area contributed by atoms with Crippen LogP contribution in [0.4, 0.5) is 0 Å². The monoisotopic (exact) mass is 621 g/mol. The number of nitrogens with two attached hydrogens (primary N) is 1. The highest BCUT2D eigenvalue weighted by Crippen LogP contribution is 2.37. The molecule has 1 amide bonds. The summed E-state index contributed by atoms with van der Waals surface area (Å²) in [7, 11) is 3.70. The van der Waals surface area contributed by atoms with Gasteiger partial charge < -0.3 is 5.73 Å². The lowest BCUT2D eigenvalue weighted by atomic mass is 10.3. The summed E-state index contributed by atoms with van der Waals surface area (Å²) in [6.45, 7) is 0. The molecule has 15 heteroatoms. The average molecular weight is 623 g/mol. The molecule has 6 aromatic rings. The predicted molar refractivity (Wildman–Crippen MR) is 145 cm³/mol. The van der Waals surface area contributed by atoms with E-state index in [1.54, 1.807) is 39.3 Å². The number of carbonyl (C=O) groups excluding carboxylic acids is 1. The van der Waals surface area contributed by atoms with E-state index in [1.807, 2.05) is 26.5 Å². The number of primary amides is 1. The minimum atomic E-state index is -0.594. The number of amides is 1. The van der Waals surface area contributed by atoms with Crippen molar-refractivity contribution in [3.8, 4) is 21.1 Å². The largest absolute Gasteiger partial charge is 0.364 e. The molecule has 182 valence electrons. The van der Waals surface area contributed by atoms with Gasteiger partial charge in [-0.3, -0.25) is 14.2 Å². The van der Waals surface area contributed by atoms with Gasteiger partial charge in [0.25, 0.3) is 5.91 Å². The van der Waals surface area contributed by atoms with Crippen molar-refractivity contribution in [1.29, 1.82) is 0 Å². The fourth-order valence-corrected chi connectivity index (χ4v) is 6.24. The molecule has 6 heterocycles. The third kappa shape index (κ3) is 4.72. The van der Waals surface area contributed by atoms with Gasteiger partial charge >= 0.3 is 0 Å². The fraction of sp³-hybridized carbons (Fsp3) is 0.0952. The van der Waals surface area contributed by atoms with E-state index >= 15 is 0 Å². The van der Waals surface area contributed by atoms with Crippen LogP contribution in [0.5, 0.6) is 0 Å². The van der Waals surface area contributed by atoms with Crippen molar-refractivity contribution in [2.24, 2.45) is 19.8 Å². The van der Waals surface area contributed by atoms with Crippen molar-refractivity contribution in [3.05, 3.63) is 57.5 Å². The summed E-state index contributed by atoms with van der Waals surface area (Å²) in [5.74, 6) is -0.594. The number of pyridine rings is 2. The Bertz CT molecular complexity index is 1720. The van der Waals surface area contributed by atoms with E-state index in [0.717, 1.165) is 36.0 Å². The smallest absolute Gasteiger partial charge is 0.268 e. The number of halogens is 3. The average Bonchev–Trinajstić information content (AvgIpc) is 3.62. The van der Waals surface area contributed by atoms with Gasteiger partial charge in [-0.15, -0.1) is 22.7 Å². The lowest BCUT2D eigenvalue weighted by molar-refractivity contribution is 0.0997. The number of aromatic nitrogens is 8. The highest BCUT2D eigenvalue weighted by molar-refractivity contribution is 9.10. The molecule has 0 bridgehead atoms. The van der Waals surface area contributed by atoms with Crippen molar-refractivity contribution in [2.75, 3.05) is 0 Å². The van der Waals surface area contributed by atoms with Gasteiger partial charge in [-0.2, -0.15) is 10.2 Å². The number of fused-ring (bicyclic) bond motifs is 2. The Balaban J connectivity index is 0.000000149. The maximum atomic E-state index is 11.4. The van der Waals surface area contributed by atoms with Crippen molar-refractivity contribution in [3.63, 3.8) is 0 Å². The maximum absolute atomic E-state index is 11.4. The molecular weight excluding hydrogens is 609 g/mol. The van der Waals surface area contributed by atoms with Gasteiger partial charge in [0.05, 0.1) is 31.8 Å². The van der Waals surface area contributed by atoms with Crippen LogP contribution in [0.15, 0.2) is 41.8 Å². The molecule has 0 aliphatic heterocycles. The van der Waals surface area contributed by atoms with Crippen molar-refractivity contribution in [2.45, 2.75) is 0 Å². The van der Waals surface area contributed by atoms with Crippen molar-refractivity contribution in [1.82, 2.24) is 39.5 Å². The lowest BCUT2D eigenvalue weighted by Crippen LogP contribution is -2.12. The number of thiazole rings is 2. The van der Waals surface area contributed by atoms with Gasteiger partial charge in [-0.05, 0) is 15.9 Å². The number of nitrogens with zero attached hydrogens (tertiary/aromatic N) is 8. The van der Waals surface area contributed by atoms with Crippen LogP contribution in [0, 0.1) is 0 Å².